The third kappa shape index (κ3) is 3.40. The molecule has 25 heavy (non-hydrogen) atoms. The van der Waals surface area contributed by atoms with Crippen LogP contribution in [0.5, 0.6) is 5.75 Å². The van der Waals surface area contributed by atoms with Crippen molar-refractivity contribution < 1.29 is 9.47 Å². The normalized spacial score (nSPS) is 17.6. The SMILES string of the molecule is COc1ccc(-n2cccn2)c(-c2cn(C[C@H]3CNCCO3)nn2)c1. The number of nitrogens with zero attached hydrogens (tertiary/aromatic N) is 5. The van der Waals surface area contributed by atoms with Crippen molar-refractivity contribution in [1.82, 2.24) is 30.1 Å². The summed E-state index contributed by atoms with van der Waals surface area (Å²) in [5.41, 5.74) is 2.61. The number of methoxy groups -OCH3 is 1. The topological polar surface area (TPSA) is 79.0 Å². The number of aromatic nitrogens is 5. The molecule has 0 amide bonds. The Morgan fingerprint density at radius 2 is 2.36 bits per heavy atom. The zero-order valence-corrected chi connectivity index (χ0v) is 14.0. The standard InChI is InChI=1S/C17H20N6O2/c1-24-13-3-4-17(23-7-2-5-19-23)15(9-13)16-12-22(21-20-16)11-14-10-18-6-8-25-14/h2-5,7,9,12,14,18H,6,8,10-11H2,1H3/t14-/m1/s1. The minimum atomic E-state index is 0.110. The maximum absolute atomic E-state index is 5.73. The Bertz CT molecular complexity index is 824. The molecule has 0 bridgehead atoms. The molecule has 4 rings (SSSR count). The molecule has 8 heteroatoms. The molecular weight excluding hydrogens is 320 g/mol. The molecule has 1 atom stereocenters. The van der Waals surface area contributed by atoms with Crippen LogP contribution in [0, 0.1) is 0 Å². The summed E-state index contributed by atoms with van der Waals surface area (Å²) in [4.78, 5) is 0. The van der Waals surface area contributed by atoms with Gasteiger partial charge in [0.1, 0.15) is 11.4 Å². The average molecular weight is 340 g/mol. The van der Waals surface area contributed by atoms with Gasteiger partial charge in [-0.1, -0.05) is 5.21 Å². The van der Waals surface area contributed by atoms with E-state index in [-0.39, 0.29) is 6.10 Å². The minimum Gasteiger partial charge on any atom is -0.497 e. The van der Waals surface area contributed by atoms with Gasteiger partial charge in [-0.05, 0) is 24.3 Å². The van der Waals surface area contributed by atoms with Crippen LogP contribution in [-0.4, -0.2) is 57.7 Å². The highest BCUT2D eigenvalue weighted by atomic mass is 16.5. The van der Waals surface area contributed by atoms with E-state index in [2.05, 4.69) is 20.7 Å². The predicted molar refractivity (Wildman–Crippen MR) is 91.7 cm³/mol. The number of ether oxygens (including phenoxy) is 2. The summed E-state index contributed by atoms with van der Waals surface area (Å²) in [6, 6.07) is 7.71. The molecule has 1 saturated heterocycles. The molecule has 0 radical (unpaired) electrons. The quantitative estimate of drug-likeness (QED) is 0.750. The fraction of sp³-hybridized carbons (Fsp3) is 0.353. The van der Waals surface area contributed by atoms with Crippen LogP contribution in [0.25, 0.3) is 16.9 Å². The Labute approximate surface area is 145 Å². The number of nitrogens with one attached hydrogen (secondary N) is 1. The Morgan fingerprint density at radius 3 is 3.12 bits per heavy atom. The van der Waals surface area contributed by atoms with Gasteiger partial charge in [-0.15, -0.1) is 5.10 Å². The molecule has 3 heterocycles. The zero-order chi connectivity index (χ0) is 17.1. The van der Waals surface area contributed by atoms with Crippen LogP contribution in [0.3, 0.4) is 0 Å². The van der Waals surface area contributed by atoms with E-state index in [1.54, 1.807) is 13.3 Å². The van der Waals surface area contributed by atoms with E-state index in [1.807, 2.05) is 46.0 Å². The number of rotatable bonds is 5. The van der Waals surface area contributed by atoms with E-state index in [4.69, 9.17) is 9.47 Å². The van der Waals surface area contributed by atoms with Gasteiger partial charge in [-0.3, -0.25) is 0 Å². The second kappa shape index (κ2) is 7.04. The van der Waals surface area contributed by atoms with Crippen molar-refractivity contribution in [3.63, 3.8) is 0 Å². The van der Waals surface area contributed by atoms with Crippen LogP contribution in [0.4, 0.5) is 0 Å². The number of hydrogen-bond acceptors (Lipinski definition) is 6. The highest BCUT2D eigenvalue weighted by Crippen LogP contribution is 2.29. The van der Waals surface area contributed by atoms with Crippen molar-refractivity contribution in [2.45, 2.75) is 12.6 Å². The lowest BCUT2D eigenvalue weighted by molar-refractivity contribution is 0.0158. The van der Waals surface area contributed by atoms with Crippen molar-refractivity contribution in [1.29, 1.82) is 0 Å². The third-order valence-corrected chi connectivity index (χ3v) is 4.16. The molecular formula is C17H20N6O2. The smallest absolute Gasteiger partial charge is 0.119 e. The van der Waals surface area contributed by atoms with Gasteiger partial charge in [0, 0.05) is 31.0 Å². The summed E-state index contributed by atoms with van der Waals surface area (Å²) in [5, 5.41) is 16.2. The van der Waals surface area contributed by atoms with Crippen molar-refractivity contribution in [3.05, 3.63) is 42.9 Å². The summed E-state index contributed by atoms with van der Waals surface area (Å²) < 4.78 is 14.7. The molecule has 0 saturated carbocycles. The molecule has 1 fully saturated rings. The first-order valence-corrected chi connectivity index (χ1v) is 8.24. The first-order valence-electron chi connectivity index (χ1n) is 8.24. The van der Waals surface area contributed by atoms with Crippen molar-refractivity contribution in [3.8, 4) is 22.7 Å². The van der Waals surface area contributed by atoms with Gasteiger partial charge in [-0.25, -0.2) is 9.36 Å². The highest BCUT2D eigenvalue weighted by molar-refractivity contribution is 5.71. The largest absolute Gasteiger partial charge is 0.497 e. The zero-order valence-electron chi connectivity index (χ0n) is 14.0. The van der Waals surface area contributed by atoms with E-state index in [1.165, 1.54) is 0 Å². The van der Waals surface area contributed by atoms with Gasteiger partial charge in [0.2, 0.25) is 0 Å². The molecule has 0 unspecified atom stereocenters. The Kier molecular flexibility index (Phi) is 4.45. The van der Waals surface area contributed by atoms with Crippen LogP contribution < -0.4 is 10.1 Å². The molecule has 1 aliphatic heterocycles. The fourth-order valence-corrected chi connectivity index (χ4v) is 2.92. The van der Waals surface area contributed by atoms with Crippen LogP contribution in [0.15, 0.2) is 42.9 Å². The fourth-order valence-electron chi connectivity index (χ4n) is 2.92. The monoisotopic (exact) mass is 340 g/mol. The number of hydrogen-bond donors (Lipinski definition) is 1. The summed E-state index contributed by atoms with van der Waals surface area (Å²) in [5.74, 6) is 0.764. The molecule has 1 aliphatic rings. The summed E-state index contributed by atoms with van der Waals surface area (Å²) in [7, 11) is 1.65. The Hall–Kier alpha value is -2.71. The van der Waals surface area contributed by atoms with Crippen molar-refractivity contribution in [2.75, 3.05) is 26.8 Å². The lowest BCUT2D eigenvalue weighted by Gasteiger charge is -2.23. The van der Waals surface area contributed by atoms with E-state index in [0.29, 0.717) is 6.54 Å². The molecule has 1 N–H and O–H groups in total. The van der Waals surface area contributed by atoms with Gasteiger partial charge in [-0.2, -0.15) is 5.10 Å². The molecule has 0 spiro atoms. The second-order valence-corrected chi connectivity index (χ2v) is 5.86. The minimum absolute atomic E-state index is 0.110. The highest BCUT2D eigenvalue weighted by Gasteiger charge is 2.17. The van der Waals surface area contributed by atoms with Crippen LogP contribution in [-0.2, 0) is 11.3 Å². The number of benzene rings is 1. The van der Waals surface area contributed by atoms with Crippen LogP contribution >= 0.6 is 0 Å². The van der Waals surface area contributed by atoms with Crippen LogP contribution in [0.1, 0.15) is 0 Å². The molecule has 3 aromatic rings. The first-order chi connectivity index (χ1) is 12.3. The molecule has 8 nitrogen and oxygen atoms in total. The third-order valence-electron chi connectivity index (χ3n) is 4.16. The number of morpholine rings is 1. The van der Waals surface area contributed by atoms with Crippen molar-refractivity contribution >= 4 is 0 Å². The van der Waals surface area contributed by atoms with Gasteiger partial charge in [0.15, 0.2) is 0 Å². The Balaban J connectivity index is 1.64. The molecule has 130 valence electrons. The van der Waals surface area contributed by atoms with Crippen LogP contribution in [0.2, 0.25) is 0 Å². The van der Waals surface area contributed by atoms with E-state index < -0.39 is 0 Å². The van der Waals surface area contributed by atoms with Gasteiger partial charge in [0.25, 0.3) is 0 Å². The van der Waals surface area contributed by atoms with E-state index in [0.717, 1.165) is 42.4 Å². The summed E-state index contributed by atoms with van der Waals surface area (Å²) >= 11 is 0. The maximum Gasteiger partial charge on any atom is 0.119 e. The van der Waals surface area contributed by atoms with Crippen molar-refractivity contribution in [2.24, 2.45) is 0 Å². The van der Waals surface area contributed by atoms with Gasteiger partial charge in [0.05, 0.1) is 38.2 Å². The second-order valence-electron chi connectivity index (χ2n) is 5.86. The average Bonchev–Trinajstić information content (AvgIpc) is 3.34. The molecule has 2 aromatic heterocycles. The first kappa shape index (κ1) is 15.8. The van der Waals surface area contributed by atoms with E-state index >= 15 is 0 Å². The van der Waals surface area contributed by atoms with E-state index in [9.17, 15) is 0 Å². The lowest BCUT2D eigenvalue weighted by Crippen LogP contribution is -2.40. The maximum atomic E-state index is 5.73. The predicted octanol–water partition coefficient (Wildman–Crippen LogP) is 1.13. The summed E-state index contributed by atoms with van der Waals surface area (Å²) in [6.45, 7) is 3.12. The summed E-state index contributed by atoms with van der Waals surface area (Å²) in [6.07, 6.45) is 5.69. The molecule has 0 aliphatic carbocycles. The molecule has 1 aromatic carbocycles. The van der Waals surface area contributed by atoms with Gasteiger partial charge < -0.3 is 14.8 Å². The van der Waals surface area contributed by atoms with Gasteiger partial charge >= 0.3 is 0 Å². The Morgan fingerprint density at radius 1 is 1.40 bits per heavy atom. The lowest BCUT2D eigenvalue weighted by atomic mass is 10.1.